The van der Waals surface area contributed by atoms with Gasteiger partial charge in [0.1, 0.15) is 17.1 Å². The minimum absolute atomic E-state index is 0.0804. The molecule has 0 atom stereocenters. The number of benzene rings is 3. The molecule has 1 amide bonds. The summed E-state index contributed by atoms with van der Waals surface area (Å²) in [7, 11) is -0.822. The van der Waals surface area contributed by atoms with E-state index in [-0.39, 0.29) is 10.5 Å². The number of sulfonamides is 1. The normalized spacial score (nSPS) is 10.9. The van der Waals surface area contributed by atoms with E-state index in [0.29, 0.717) is 22.9 Å². The van der Waals surface area contributed by atoms with Gasteiger partial charge in [-0.25, -0.2) is 8.42 Å². The Hall–Kier alpha value is -3.52. The van der Waals surface area contributed by atoms with Crippen molar-refractivity contribution in [3.8, 4) is 11.5 Å². The Labute approximate surface area is 175 Å². The minimum Gasteiger partial charge on any atom is -0.496 e. The number of aryl methyl sites for hydroxylation is 1. The lowest BCUT2D eigenvalue weighted by atomic mass is 10.1. The predicted octanol–water partition coefficient (Wildman–Crippen LogP) is 4.07. The zero-order valence-electron chi connectivity index (χ0n) is 16.8. The second-order valence-corrected chi connectivity index (χ2v) is 8.17. The summed E-state index contributed by atoms with van der Waals surface area (Å²) in [5.74, 6) is 0.305. The molecule has 0 aliphatic carbocycles. The van der Waals surface area contributed by atoms with E-state index >= 15 is 0 Å². The van der Waals surface area contributed by atoms with Gasteiger partial charge in [-0.2, -0.15) is 0 Å². The summed E-state index contributed by atoms with van der Waals surface area (Å²) in [6.07, 6.45) is 0. The van der Waals surface area contributed by atoms with Gasteiger partial charge in [-0.05, 0) is 61.0 Å². The molecule has 0 spiro atoms. The number of methoxy groups -OCH3 is 2. The first-order valence-corrected chi connectivity index (χ1v) is 10.5. The summed E-state index contributed by atoms with van der Waals surface area (Å²) >= 11 is 0. The Morgan fingerprint density at radius 3 is 2.00 bits per heavy atom. The predicted molar refractivity (Wildman–Crippen MR) is 116 cm³/mol. The maximum Gasteiger partial charge on any atom is 0.263 e. The summed E-state index contributed by atoms with van der Waals surface area (Å²) in [6, 6.07) is 18.0. The average molecular weight is 426 g/mol. The Kier molecular flexibility index (Phi) is 6.27. The molecule has 0 fully saturated rings. The molecule has 8 heteroatoms. The maximum atomic E-state index is 12.7. The van der Waals surface area contributed by atoms with E-state index in [1.165, 1.54) is 38.5 Å². The van der Waals surface area contributed by atoms with Crippen LogP contribution in [0.5, 0.6) is 11.5 Å². The number of carbonyl (C=O) groups excluding carboxylic acids is 1. The molecule has 3 aromatic carbocycles. The van der Waals surface area contributed by atoms with Gasteiger partial charge in [-0.15, -0.1) is 0 Å². The van der Waals surface area contributed by atoms with Crippen LogP contribution in [-0.2, 0) is 10.0 Å². The molecule has 3 aromatic rings. The Morgan fingerprint density at radius 2 is 1.43 bits per heavy atom. The smallest absolute Gasteiger partial charge is 0.263 e. The monoisotopic (exact) mass is 426 g/mol. The quantitative estimate of drug-likeness (QED) is 0.594. The molecule has 156 valence electrons. The van der Waals surface area contributed by atoms with Crippen molar-refractivity contribution in [3.63, 3.8) is 0 Å². The van der Waals surface area contributed by atoms with Crippen LogP contribution < -0.4 is 19.5 Å². The van der Waals surface area contributed by atoms with Crippen LogP contribution in [0.25, 0.3) is 0 Å². The Balaban J connectivity index is 1.79. The van der Waals surface area contributed by atoms with Crippen LogP contribution >= 0.6 is 0 Å². The van der Waals surface area contributed by atoms with Crippen molar-refractivity contribution >= 4 is 27.3 Å². The van der Waals surface area contributed by atoms with E-state index in [4.69, 9.17) is 9.47 Å². The fourth-order valence-corrected chi connectivity index (χ4v) is 3.96. The van der Waals surface area contributed by atoms with Gasteiger partial charge in [-0.3, -0.25) is 9.52 Å². The fraction of sp³-hybridized carbons (Fsp3) is 0.136. The Bertz CT molecular complexity index is 1140. The van der Waals surface area contributed by atoms with E-state index in [0.717, 1.165) is 5.56 Å². The molecular weight excluding hydrogens is 404 g/mol. The highest BCUT2D eigenvalue weighted by molar-refractivity contribution is 7.92. The van der Waals surface area contributed by atoms with Gasteiger partial charge in [0.05, 0.1) is 19.1 Å². The third-order valence-corrected chi connectivity index (χ3v) is 5.74. The zero-order chi connectivity index (χ0) is 21.7. The molecule has 0 aliphatic rings. The van der Waals surface area contributed by atoms with Crippen molar-refractivity contribution in [1.29, 1.82) is 0 Å². The largest absolute Gasteiger partial charge is 0.496 e. The molecule has 0 bridgehead atoms. The van der Waals surface area contributed by atoms with Crippen LogP contribution in [0.1, 0.15) is 15.9 Å². The molecule has 7 nitrogen and oxygen atoms in total. The molecular formula is C22H22N2O5S. The van der Waals surface area contributed by atoms with E-state index < -0.39 is 15.9 Å². The lowest BCUT2D eigenvalue weighted by Gasteiger charge is -2.13. The third-order valence-electron chi connectivity index (χ3n) is 4.35. The Morgan fingerprint density at radius 1 is 0.833 bits per heavy atom. The SMILES string of the molecule is COc1cccc(OC)c1C(=O)Nc1ccc(S(=O)(=O)Nc2cccc(C)c2)cc1. The molecule has 0 saturated carbocycles. The van der Waals surface area contributed by atoms with Crippen LogP contribution in [0.4, 0.5) is 11.4 Å². The van der Waals surface area contributed by atoms with Crippen molar-refractivity contribution in [1.82, 2.24) is 0 Å². The molecule has 3 rings (SSSR count). The molecule has 0 radical (unpaired) electrons. The topological polar surface area (TPSA) is 93.7 Å². The first-order valence-electron chi connectivity index (χ1n) is 9.06. The third kappa shape index (κ3) is 4.72. The number of nitrogens with one attached hydrogen (secondary N) is 2. The van der Waals surface area contributed by atoms with Crippen molar-refractivity contribution < 1.29 is 22.7 Å². The highest BCUT2D eigenvalue weighted by Gasteiger charge is 2.19. The van der Waals surface area contributed by atoms with Gasteiger partial charge < -0.3 is 14.8 Å². The second-order valence-electron chi connectivity index (χ2n) is 6.49. The summed E-state index contributed by atoms with van der Waals surface area (Å²) in [6.45, 7) is 1.88. The van der Waals surface area contributed by atoms with Crippen LogP contribution in [0.3, 0.4) is 0 Å². The molecule has 30 heavy (non-hydrogen) atoms. The summed E-state index contributed by atoms with van der Waals surface area (Å²) < 4.78 is 38.2. The molecule has 2 N–H and O–H groups in total. The van der Waals surface area contributed by atoms with Crippen LogP contribution in [0.15, 0.2) is 71.6 Å². The highest BCUT2D eigenvalue weighted by Crippen LogP contribution is 2.29. The fourth-order valence-electron chi connectivity index (χ4n) is 2.91. The van der Waals surface area contributed by atoms with Gasteiger partial charge in [-0.1, -0.05) is 18.2 Å². The van der Waals surface area contributed by atoms with E-state index in [1.807, 2.05) is 13.0 Å². The first kappa shape index (κ1) is 21.2. The van der Waals surface area contributed by atoms with Gasteiger partial charge in [0.15, 0.2) is 0 Å². The van der Waals surface area contributed by atoms with E-state index in [9.17, 15) is 13.2 Å². The van der Waals surface area contributed by atoms with E-state index in [1.54, 1.807) is 36.4 Å². The molecule has 0 saturated heterocycles. The molecule has 0 heterocycles. The summed E-state index contributed by atoms with van der Waals surface area (Å²) in [4.78, 5) is 12.8. The maximum absolute atomic E-state index is 12.7. The van der Waals surface area contributed by atoms with Crippen LogP contribution in [-0.4, -0.2) is 28.5 Å². The lowest BCUT2D eigenvalue weighted by molar-refractivity contribution is 0.102. The molecule has 0 unspecified atom stereocenters. The van der Waals surface area contributed by atoms with Crippen molar-refractivity contribution in [2.75, 3.05) is 24.3 Å². The van der Waals surface area contributed by atoms with Crippen molar-refractivity contribution in [2.24, 2.45) is 0 Å². The van der Waals surface area contributed by atoms with Crippen LogP contribution in [0.2, 0.25) is 0 Å². The number of anilines is 2. The highest BCUT2D eigenvalue weighted by atomic mass is 32.2. The zero-order valence-corrected chi connectivity index (χ0v) is 17.6. The number of hydrogen-bond acceptors (Lipinski definition) is 5. The average Bonchev–Trinajstić information content (AvgIpc) is 2.73. The molecule has 0 aromatic heterocycles. The second kappa shape index (κ2) is 8.87. The van der Waals surface area contributed by atoms with Crippen molar-refractivity contribution in [3.05, 3.63) is 77.9 Å². The minimum atomic E-state index is -3.75. The van der Waals surface area contributed by atoms with Gasteiger partial charge in [0, 0.05) is 11.4 Å². The van der Waals surface area contributed by atoms with Gasteiger partial charge in [0.2, 0.25) is 0 Å². The number of amides is 1. The first-order chi connectivity index (χ1) is 14.3. The standard InChI is InChI=1S/C22H22N2O5S/c1-15-6-4-7-17(14-15)24-30(26,27)18-12-10-16(11-13-18)23-22(25)21-19(28-2)8-5-9-20(21)29-3/h4-14,24H,1-3H3,(H,23,25). The number of hydrogen-bond donors (Lipinski definition) is 2. The summed E-state index contributed by atoms with van der Waals surface area (Å²) in [5, 5.41) is 2.73. The summed E-state index contributed by atoms with van der Waals surface area (Å²) in [5.41, 5.74) is 2.11. The van der Waals surface area contributed by atoms with Gasteiger partial charge >= 0.3 is 0 Å². The number of ether oxygens (including phenoxy) is 2. The number of rotatable bonds is 7. The number of carbonyl (C=O) groups is 1. The molecule has 0 aliphatic heterocycles. The van der Waals surface area contributed by atoms with Gasteiger partial charge in [0.25, 0.3) is 15.9 Å². The van der Waals surface area contributed by atoms with E-state index in [2.05, 4.69) is 10.0 Å². The lowest BCUT2D eigenvalue weighted by Crippen LogP contribution is -2.15. The van der Waals surface area contributed by atoms with Crippen molar-refractivity contribution in [2.45, 2.75) is 11.8 Å². The van der Waals surface area contributed by atoms with Crippen LogP contribution in [0, 0.1) is 6.92 Å².